The molecule has 0 saturated heterocycles. The number of hydrogen-bond acceptors (Lipinski definition) is 3. The van der Waals surface area contributed by atoms with Crippen LogP contribution in [-0.2, 0) is 4.79 Å². The Balaban J connectivity index is 1.70. The second-order valence-corrected chi connectivity index (χ2v) is 5.94. The number of aliphatic carboxylic acids is 1. The lowest BCUT2D eigenvalue weighted by atomic mass is 9.86. The van der Waals surface area contributed by atoms with Gasteiger partial charge in [0.2, 0.25) is 0 Å². The SMILES string of the molecule is Cc1cc2cccc(C(=O)NC3CCC(C(=O)O)CC3)c2o1. The van der Waals surface area contributed by atoms with Crippen LogP contribution < -0.4 is 5.32 Å². The molecule has 1 aliphatic rings. The zero-order chi connectivity index (χ0) is 15.7. The van der Waals surface area contributed by atoms with Crippen LogP contribution in [0.25, 0.3) is 11.0 Å². The van der Waals surface area contributed by atoms with Crippen LogP contribution in [0.3, 0.4) is 0 Å². The minimum absolute atomic E-state index is 0.0365. The number of carboxylic acids is 1. The third-order valence-electron chi connectivity index (χ3n) is 4.32. The minimum atomic E-state index is -0.736. The summed E-state index contributed by atoms with van der Waals surface area (Å²) in [6.07, 6.45) is 2.64. The van der Waals surface area contributed by atoms with Crippen molar-refractivity contribution in [3.8, 4) is 0 Å². The molecule has 0 unspecified atom stereocenters. The van der Waals surface area contributed by atoms with E-state index in [4.69, 9.17) is 9.52 Å². The largest absolute Gasteiger partial charge is 0.481 e. The Morgan fingerprint density at radius 3 is 2.64 bits per heavy atom. The summed E-state index contributed by atoms with van der Waals surface area (Å²) in [5.74, 6) is -0.388. The molecule has 5 heteroatoms. The number of amides is 1. The van der Waals surface area contributed by atoms with Crippen molar-refractivity contribution >= 4 is 22.8 Å². The van der Waals surface area contributed by atoms with Crippen molar-refractivity contribution in [2.45, 2.75) is 38.6 Å². The summed E-state index contributed by atoms with van der Waals surface area (Å²) in [5, 5.41) is 12.9. The fourth-order valence-corrected chi connectivity index (χ4v) is 3.12. The molecule has 1 aromatic carbocycles. The van der Waals surface area contributed by atoms with Gasteiger partial charge in [-0.3, -0.25) is 9.59 Å². The van der Waals surface area contributed by atoms with Crippen molar-refractivity contribution in [3.63, 3.8) is 0 Å². The molecule has 0 radical (unpaired) electrons. The van der Waals surface area contributed by atoms with E-state index in [9.17, 15) is 9.59 Å². The smallest absolute Gasteiger partial charge is 0.306 e. The number of carbonyl (C=O) groups excluding carboxylic acids is 1. The van der Waals surface area contributed by atoms with E-state index in [1.54, 1.807) is 6.07 Å². The number of carboxylic acid groups (broad SMARTS) is 1. The van der Waals surface area contributed by atoms with Crippen LogP contribution in [0.1, 0.15) is 41.8 Å². The highest BCUT2D eigenvalue weighted by Crippen LogP contribution is 2.26. The lowest BCUT2D eigenvalue weighted by Gasteiger charge is -2.26. The summed E-state index contributed by atoms with van der Waals surface area (Å²) in [6.45, 7) is 1.86. The molecular weight excluding hydrogens is 282 g/mol. The number of hydrogen-bond donors (Lipinski definition) is 2. The van der Waals surface area contributed by atoms with Gasteiger partial charge in [-0.05, 0) is 44.7 Å². The Morgan fingerprint density at radius 1 is 1.23 bits per heavy atom. The normalized spacial score (nSPS) is 21.7. The molecule has 1 saturated carbocycles. The Kier molecular flexibility index (Phi) is 3.88. The number of nitrogens with one attached hydrogen (secondary N) is 1. The van der Waals surface area contributed by atoms with Crippen LogP contribution in [0.4, 0.5) is 0 Å². The first kappa shape index (κ1) is 14.6. The van der Waals surface area contributed by atoms with Crippen molar-refractivity contribution < 1.29 is 19.1 Å². The van der Waals surface area contributed by atoms with Crippen molar-refractivity contribution in [3.05, 3.63) is 35.6 Å². The molecule has 1 amide bonds. The predicted molar refractivity (Wildman–Crippen MR) is 81.8 cm³/mol. The highest BCUT2D eigenvalue weighted by molar-refractivity contribution is 6.05. The number of benzene rings is 1. The molecule has 116 valence electrons. The molecule has 2 N–H and O–H groups in total. The third kappa shape index (κ3) is 2.84. The van der Waals surface area contributed by atoms with Crippen molar-refractivity contribution in [1.29, 1.82) is 0 Å². The first-order valence-electron chi connectivity index (χ1n) is 7.57. The van der Waals surface area contributed by atoms with E-state index in [0.29, 0.717) is 36.8 Å². The van der Waals surface area contributed by atoms with Crippen LogP contribution in [0.2, 0.25) is 0 Å². The quantitative estimate of drug-likeness (QED) is 0.913. The van der Waals surface area contributed by atoms with Crippen LogP contribution in [0.15, 0.2) is 28.7 Å². The average molecular weight is 301 g/mol. The first-order valence-corrected chi connectivity index (χ1v) is 7.57. The highest BCUT2D eigenvalue weighted by atomic mass is 16.4. The van der Waals surface area contributed by atoms with Gasteiger partial charge in [-0.15, -0.1) is 0 Å². The van der Waals surface area contributed by atoms with E-state index in [1.807, 2.05) is 25.1 Å². The standard InChI is InChI=1S/C17H19NO4/c1-10-9-12-3-2-4-14(15(12)22-10)16(19)18-13-7-5-11(6-8-13)17(20)21/h2-4,9,11,13H,5-8H2,1H3,(H,18,19)(H,20,21). The predicted octanol–water partition coefficient (Wildman–Crippen LogP) is 3.11. The molecule has 2 aromatic rings. The molecule has 5 nitrogen and oxygen atoms in total. The van der Waals surface area contributed by atoms with Gasteiger partial charge in [-0.2, -0.15) is 0 Å². The summed E-state index contributed by atoms with van der Waals surface area (Å²) in [4.78, 5) is 23.4. The summed E-state index contributed by atoms with van der Waals surface area (Å²) in [7, 11) is 0. The van der Waals surface area contributed by atoms with E-state index < -0.39 is 5.97 Å². The second-order valence-electron chi connectivity index (χ2n) is 5.94. The Morgan fingerprint density at radius 2 is 1.95 bits per heavy atom. The Bertz CT molecular complexity index is 711. The van der Waals surface area contributed by atoms with Crippen LogP contribution in [-0.4, -0.2) is 23.0 Å². The van der Waals surface area contributed by atoms with Gasteiger partial charge in [0.15, 0.2) is 0 Å². The molecule has 0 bridgehead atoms. The lowest BCUT2D eigenvalue weighted by molar-refractivity contribution is -0.142. The zero-order valence-corrected chi connectivity index (χ0v) is 12.5. The van der Waals surface area contributed by atoms with Crippen LogP contribution in [0.5, 0.6) is 0 Å². The fraction of sp³-hybridized carbons (Fsp3) is 0.412. The summed E-state index contributed by atoms with van der Waals surface area (Å²) in [6, 6.07) is 7.46. The number of carbonyl (C=O) groups is 2. The van der Waals surface area contributed by atoms with Gasteiger partial charge in [0.1, 0.15) is 11.3 Å². The maximum absolute atomic E-state index is 12.5. The maximum Gasteiger partial charge on any atom is 0.306 e. The van der Waals surface area contributed by atoms with E-state index in [2.05, 4.69) is 5.32 Å². The third-order valence-corrected chi connectivity index (χ3v) is 4.32. The molecule has 3 rings (SSSR count). The molecule has 0 atom stereocenters. The van der Waals surface area contributed by atoms with E-state index in [-0.39, 0.29) is 17.9 Å². The lowest BCUT2D eigenvalue weighted by Crippen LogP contribution is -2.38. The van der Waals surface area contributed by atoms with Gasteiger partial charge < -0.3 is 14.8 Å². The highest BCUT2D eigenvalue weighted by Gasteiger charge is 2.27. The summed E-state index contributed by atoms with van der Waals surface area (Å²) < 4.78 is 5.62. The molecule has 22 heavy (non-hydrogen) atoms. The molecule has 1 heterocycles. The fourth-order valence-electron chi connectivity index (χ4n) is 3.12. The number of para-hydroxylation sites is 1. The first-order chi connectivity index (χ1) is 10.5. The molecule has 1 aliphatic carbocycles. The van der Waals surface area contributed by atoms with Crippen LogP contribution in [0, 0.1) is 12.8 Å². The van der Waals surface area contributed by atoms with Crippen molar-refractivity contribution in [1.82, 2.24) is 5.32 Å². The van der Waals surface area contributed by atoms with Crippen LogP contribution >= 0.6 is 0 Å². The van der Waals surface area contributed by atoms with Gasteiger partial charge in [-0.25, -0.2) is 0 Å². The minimum Gasteiger partial charge on any atom is -0.481 e. The second kappa shape index (κ2) is 5.83. The summed E-state index contributed by atoms with van der Waals surface area (Å²) >= 11 is 0. The molecule has 0 aliphatic heterocycles. The topological polar surface area (TPSA) is 79.5 Å². The Labute approximate surface area is 128 Å². The number of rotatable bonds is 3. The van der Waals surface area contributed by atoms with Gasteiger partial charge >= 0.3 is 5.97 Å². The van der Waals surface area contributed by atoms with Gasteiger partial charge in [0, 0.05) is 11.4 Å². The number of aryl methyl sites for hydroxylation is 1. The average Bonchev–Trinajstić information content (AvgIpc) is 2.87. The van der Waals surface area contributed by atoms with Crippen molar-refractivity contribution in [2.75, 3.05) is 0 Å². The number of furan rings is 1. The zero-order valence-electron chi connectivity index (χ0n) is 12.5. The van der Waals surface area contributed by atoms with E-state index in [1.165, 1.54) is 0 Å². The maximum atomic E-state index is 12.5. The van der Waals surface area contributed by atoms with Gasteiger partial charge in [0.25, 0.3) is 5.91 Å². The van der Waals surface area contributed by atoms with Gasteiger partial charge in [0.05, 0.1) is 11.5 Å². The molecule has 0 spiro atoms. The number of fused-ring (bicyclic) bond motifs is 1. The van der Waals surface area contributed by atoms with E-state index >= 15 is 0 Å². The van der Waals surface area contributed by atoms with Crippen molar-refractivity contribution in [2.24, 2.45) is 5.92 Å². The Hall–Kier alpha value is -2.30. The molecule has 1 aromatic heterocycles. The molecular formula is C17H19NO4. The monoisotopic (exact) mass is 301 g/mol. The van der Waals surface area contributed by atoms with E-state index in [0.717, 1.165) is 11.1 Å². The molecule has 1 fully saturated rings. The van der Waals surface area contributed by atoms with Gasteiger partial charge in [-0.1, -0.05) is 12.1 Å². The summed E-state index contributed by atoms with van der Waals surface area (Å²) in [5.41, 5.74) is 1.14.